The van der Waals surface area contributed by atoms with Crippen LogP contribution in [-0.2, 0) is 6.42 Å². The van der Waals surface area contributed by atoms with Crippen LogP contribution in [0.2, 0.25) is 0 Å². The maximum atomic E-state index is 3.83. The number of halogens is 1. The van der Waals surface area contributed by atoms with Gasteiger partial charge in [-0.15, -0.1) is 0 Å². The molecule has 1 unspecified atom stereocenters. The van der Waals surface area contributed by atoms with Crippen molar-refractivity contribution in [2.45, 2.75) is 37.4 Å². The average Bonchev–Trinajstić information content (AvgIpc) is 2.85. The summed E-state index contributed by atoms with van der Waals surface area (Å²) in [5.41, 5.74) is 3.95. The summed E-state index contributed by atoms with van der Waals surface area (Å²) in [7, 11) is 0. The Balaban J connectivity index is 1.99. The molecule has 20 heavy (non-hydrogen) atoms. The molecular formula is C18H20BrN. The first-order chi connectivity index (χ1) is 9.79. The minimum Gasteiger partial charge on any atom is -0.354 e. The van der Waals surface area contributed by atoms with Crippen molar-refractivity contribution in [3.05, 3.63) is 48.0 Å². The zero-order valence-electron chi connectivity index (χ0n) is 11.8. The molecule has 0 amide bonds. The van der Waals surface area contributed by atoms with E-state index in [1.165, 1.54) is 46.6 Å². The Morgan fingerprint density at radius 3 is 2.70 bits per heavy atom. The SMILES string of the molecule is CCCCC(Br)Cc1cccc2c1[nH]c1ccccc12. The number of fused-ring (bicyclic) bond motifs is 3. The van der Waals surface area contributed by atoms with Gasteiger partial charge >= 0.3 is 0 Å². The summed E-state index contributed by atoms with van der Waals surface area (Å²) in [5.74, 6) is 0. The van der Waals surface area contributed by atoms with E-state index in [4.69, 9.17) is 0 Å². The molecule has 2 aromatic carbocycles. The Labute approximate surface area is 128 Å². The fourth-order valence-electron chi connectivity index (χ4n) is 2.87. The summed E-state index contributed by atoms with van der Waals surface area (Å²) >= 11 is 3.83. The number of hydrogen-bond donors (Lipinski definition) is 1. The highest BCUT2D eigenvalue weighted by atomic mass is 79.9. The number of H-pyrrole nitrogens is 1. The van der Waals surface area contributed by atoms with Crippen LogP contribution in [0.25, 0.3) is 21.8 Å². The molecule has 2 heteroatoms. The van der Waals surface area contributed by atoms with Crippen LogP contribution in [0.15, 0.2) is 42.5 Å². The smallest absolute Gasteiger partial charge is 0.0497 e. The van der Waals surface area contributed by atoms with Gasteiger partial charge in [0.1, 0.15) is 0 Å². The largest absolute Gasteiger partial charge is 0.354 e. The Morgan fingerprint density at radius 2 is 1.85 bits per heavy atom. The highest BCUT2D eigenvalue weighted by molar-refractivity contribution is 9.09. The lowest BCUT2D eigenvalue weighted by Gasteiger charge is -2.10. The minimum atomic E-state index is 0.569. The first-order valence-electron chi connectivity index (χ1n) is 7.42. The second-order valence-corrected chi connectivity index (χ2v) is 6.75. The summed E-state index contributed by atoms with van der Waals surface area (Å²) in [6, 6.07) is 15.2. The molecule has 0 radical (unpaired) electrons. The lowest BCUT2D eigenvalue weighted by Crippen LogP contribution is -2.03. The number of rotatable bonds is 5. The summed E-state index contributed by atoms with van der Waals surface area (Å²) in [6.45, 7) is 2.25. The molecule has 3 rings (SSSR count). The van der Waals surface area contributed by atoms with E-state index >= 15 is 0 Å². The van der Waals surface area contributed by atoms with E-state index in [1.54, 1.807) is 0 Å². The molecule has 0 saturated heterocycles. The van der Waals surface area contributed by atoms with E-state index in [-0.39, 0.29) is 0 Å². The molecule has 0 aliphatic carbocycles. The zero-order chi connectivity index (χ0) is 13.9. The van der Waals surface area contributed by atoms with Gasteiger partial charge < -0.3 is 4.98 Å². The van der Waals surface area contributed by atoms with Crippen molar-refractivity contribution in [1.29, 1.82) is 0 Å². The third kappa shape index (κ3) is 2.62. The van der Waals surface area contributed by atoms with Crippen molar-refractivity contribution in [2.75, 3.05) is 0 Å². The molecule has 3 aromatic rings. The fraction of sp³-hybridized carbons (Fsp3) is 0.333. The van der Waals surface area contributed by atoms with E-state index in [2.05, 4.69) is 70.3 Å². The molecule has 1 atom stereocenters. The van der Waals surface area contributed by atoms with Crippen molar-refractivity contribution < 1.29 is 0 Å². The summed E-state index contributed by atoms with van der Waals surface area (Å²) < 4.78 is 0. The predicted molar refractivity (Wildman–Crippen MR) is 91.7 cm³/mol. The lowest BCUT2D eigenvalue weighted by molar-refractivity contribution is 0.688. The van der Waals surface area contributed by atoms with Gasteiger partial charge in [-0.1, -0.05) is 72.1 Å². The number of unbranched alkanes of at least 4 members (excludes halogenated alkanes) is 1. The number of hydrogen-bond acceptors (Lipinski definition) is 0. The standard InChI is InChI=1S/C18H20BrN/c1-2-3-8-14(19)12-13-7-6-10-16-15-9-4-5-11-17(15)20-18(13)16/h4-7,9-11,14,20H,2-3,8,12H2,1H3. The molecule has 0 bridgehead atoms. The van der Waals surface area contributed by atoms with Crippen LogP contribution in [0.5, 0.6) is 0 Å². The van der Waals surface area contributed by atoms with E-state index in [1.807, 2.05) is 0 Å². The second kappa shape index (κ2) is 6.01. The zero-order valence-corrected chi connectivity index (χ0v) is 13.4. The molecule has 1 nitrogen and oxygen atoms in total. The van der Waals surface area contributed by atoms with Gasteiger partial charge in [-0.05, 0) is 24.5 Å². The van der Waals surface area contributed by atoms with Crippen molar-refractivity contribution >= 4 is 37.7 Å². The number of benzene rings is 2. The first kappa shape index (κ1) is 13.7. The Kier molecular flexibility index (Phi) is 4.11. The molecule has 104 valence electrons. The first-order valence-corrected chi connectivity index (χ1v) is 8.33. The second-order valence-electron chi connectivity index (χ2n) is 5.45. The molecule has 1 heterocycles. The predicted octanol–water partition coefficient (Wildman–Crippen LogP) is 5.82. The van der Waals surface area contributed by atoms with Crippen molar-refractivity contribution in [3.8, 4) is 0 Å². The monoisotopic (exact) mass is 329 g/mol. The van der Waals surface area contributed by atoms with Gasteiger partial charge in [0.15, 0.2) is 0 Å². The quantitative estimate of drug-likeness (QED) is 0.568. The molecule has 1 N–H and O–H groups in total. The highest BCUT2D eigenvalue weighted by Crippen LogP contribution is 2.29. The van der Waals surface area contributed by atoms with E-state index < -0.39 is 0 Å². The van der Waals surface area contributed by atoms with Crippen molar-refractivity contribution in [2.24, 2.45) is 0 Å². The summed E-state index contributed by atoms with van der Waals surface area (Å²) in [5, 5.41) is 2.66. The Hall–Kier alpha value is -1.28. The number of alkyl halides is 1. The lowest BCUT2D eigenvalue weighted by atomic mass is 10.0. The molecule has 0 aliphatic rings. The minimum absolute atomic E-state index is 0.569. The molecule has 0 spiro atoms. The van der Waals surface area contributed by atoms with E-state index in [0.717, 1.165) is 6.42 Å². The molecular weight excluding hydrogens is 310 g/mol. The van der Waals surface area contributed by atoms with E-state index in [9.17, 15) is 0 Å². The highest BCUT2D eigenvalue weighted by Gasteiger charge is 2.11. The Morgan fingerprint density at radius 1 is 1.05 bits per heavy atom. The van der Waals surface area contributed by atoms with Gasteiger partial charge in [-0.3, -0.25) is 0 Å². The third-order valence-corrected chi connectivity index (χ3v) is 4.72. The fourth-order valence-corrected chi connectivity index (χ4v) is 3.54. The topological polar surface area (TPSA) is 15.8 Å². The van der Waals surface area contributed by atoms with Crippen LogP contribution in [0.3, 0.4) is 0 Å². The number of nitrogens with one attached hydrogen (secondary N) is 1. The maximum Gasteiger partial charge on any atom is 0.0497 e. The summed E-state index contributed by atoms with van der Waals surface area (Å²) in [4.78, 5) is 4.16. The Bertz CT molecular complexity index is 714. The normalized spacial score (nSPS) is 13.1. The summed E-state index contributed by atoms with van der Waals surface area (Å²) in [6.07, 6.45) is 4.88. The molecule has 1 aromatic heterocycles. The van der Waals surface area contributed by atoms with Gasteiger partial charge in [0.05, 0.1) is 0 Å². The van der Waals surface area contributed by atoms with Crippen LogP contribution in [0.4, 0.5) is 0 Å². The molecule has 0 aliphatic heterocycles. The van der Waals surface area contributed by atoms with E-state index in [0.29, 0.717) is 4.83 Å². The number of para-hydroxylation sites is 2. The molecule has 0 saturated carbocycles. The van der Waals surface area contributed by atoms with Gasteiger partial charge in [0.25, 0.3) is 0 Å². The van der Waals surface area contributed by atoms with Crippen LogP contribution in [0.1, 0.15) is 31.7 Å². The van der Waals surface area contributed by atoms with Crippen LogP contribution >= 0.6 is 15.9 Å². The van der Waals surface area contributed by atoms with Gasteiger partial charge in [-0.2, -0.15) is 0 Å². The molecule has 0 fully saturated rings. The van der Waals surface area contributed by atoms with Crippen LogP contribution in [-0.4, -0.2) is 9.81 Å². The van der Waals surface area contributed by atoms with Gasteiger partial charge in [0.2, 0.25) is 0 Å². The van der Waals surface area contributed by atoms with Gasteiger partial charge in [0, 0.05) is 26.6 Å². The van der Waals surface area contributed by atoms with Crippen molar-refractivity contribution in [1.82, 2.24) is 4.98 Å². The van der Waals surface area contributed by atoms with Gasteiger partial charge in [-0.25, -0.2) is 0 Å². The number of aromatic amines is 1. The van der Waals surface area contributed by atoms with Crippen molar-refractivity contribution in [3.63, 3.8) is 0 Å². The van der Waals surface area contributed by atoms with Crippen LogP contribution < -0.4 is 0 Å². The number of aromatic nitrogens is 1. The average molecular weight is 330 g/mol. The van der Waals surface area contributed by atoms with Crippen LogP contribution in [0, 0.1) is 0 Å². The third-order valence-electron chi connectivity index (χ3n) is 3.94. The maximum absolute atomic E-state index is 3.83.